The number of amides is 2. The Kier molecular flexibility index (Phi) is 12.1. The lowest BCUT2D eigenvalue weighted by Crippen LogP contribution is -2.53. The molecule has 4 aromatic carbocycles. The number of carbonyl (C=O) groups is 2. The van der Waals surface area contributed by atoms with Gasteiger partial charge in [0.25, 0.3) is 10.0 Å². The van der Waals surface area contributed by atoms with Crippen LogP contribution in [0, 0.1) is 6.92 Å². The zero-order valence-electron chi connectivity index (χ0n) is 26.0. The largest absolute Gasteiger partial charge is 0.495 e. The number of anilines is 1. The van der Waals surface area contributed by atoms with Gasteiger partial charge in [0.2, 0.25) is 11.8 Å². The molecule has 4 aromatic rings. The van der Waals surface area contributed by atoms with Crippen molar-refractivity contribution in [1.29, 1.82) is 0 Å². The molecule has 0 spiro atoms. The molecule has 0 fully saturated rings. The Bertz CT molecular complexity index is 1750. The third kappa shape index (κ3) is 8.60. The maximum atomic E-state index is 14.6. The molecule has 0 radical (unpaired) electrons. The van der Waals surface area contributed by atoms with Gasteiger partial charge in [0.1, 0.15) is 18.3 Å². The molecule has 0 aliphatic heterocycles. The minimum absolute atomic E-state index is 0.0212. The van der Waals surface area contributed by atoms with E-state index in [4.69, 9.17) is 27.9 Å². The molecule has 46 heavy (non-hydrogen) atoms. The molecule has 242 valence electrons. The first-order valence-corrected chi connectivity index (χ1v) is 17.0. The Labute approximate surface area is 280 Å². The monoisotopic (exact) mass is 681 g/mol. The lowest BCUT2D eigenvalue weighted by molar-refractivity contribution is -0.140. The van der Waals surface area contributed by atoms with E-state index in [1.165, 1.54) is 36.3 Å². The Balaban J connectivity index is 1.85. The van der Waals surface area contributed by atoms with E-state index in [0.717, 1.165) is 15.4 Å². The quantitative estimate of drug-likeness (QED) is 0.160. The minimum Gasteiger partial charge on any atom is -0.495 e. The van der Waals surface area contributed by atoms with E-state index in [1.54, 1.807) is 42.5 Å². The number of halogens is 2. The second kappa shape index (κ2) is 16.0. The summed E-state index contributed by atoms with van der Waals surface area (Å²) in [5.74, 6) is -0.781. The van der Waals surface area contributed by atoms with Crippen LogP contribution in [0.1, 0.15) is 30.0 Å². The first-order chi connectivity index (χ1) is 22.0. The van der Waals surface area contributed by atoms with Crippen LogP contribution in [0.5, 0.6) is 5.75 Å². The summed E-state index contributed by atoms with van der Waals surface area (Å²) in [5, 5.41) is 3.59. The molecule has 1 N–H and O–H groups in total. The Morgan fingerprint density at radius 2 is 1.59 bits per heavy atom. The fourth-order valence-corrected chi connectivity index (χ4v) is 6.72. The van der Waals surface area contributed by atoms with Crippen molar-refractivity contribution in [2.45, 2.75) is 44.2 Å². The zero-order valence-corrected chi connectivity index (χ0v) is 28.3. The molecule has 0 heterocycles. The summed E-state index contributed by atoms with van der Waals surface area (Å²) >= 11 is 12.9. The molecular weight excluding hydrogens is 645 g/mol. The number of nitrogens with zero attached hydrogens (tertiary/aromatic N) is 2. The molecule has 2 amide bonds. The van der Waals surface area contributed by atoms with E-state index in [0.29, 0.717) is 23.6 Å². The topological polar surface area (TPSA) is 96.0 Å². The van der Waals surface area contributed by atoms with Crippen LogP contribution in [0.25, 0.3) is 0 Å². The van der Waals surface area contributed by atoms with Crippen LogP contribution in [0.15, 0.2) is 102 Å². The summed E-state index contributed by atoms with van der Waals surface area (Å²) in [6, 6.07) is 26.3. The van der Waals surface area contributed by atoms with Gasteiger partial charge in [0, 0.05) is 29.6 Å². The molecule has 0 aliphatic carbocycles. The molecule has 1 atom stereocenters. The van der Waals surface area contributed by atoms with Crippen LogP contribution in [0.2, 0.25) is 10.0 Å². The number of ether oxygens (including phenoxy) is 1. The van der Waals surface area contributed by atoms with Crippen molar-refractivity contribution >= 4 is 50.7 Å². The molecule has 0 bridgehead atoms. The maximum Gasteiger partial charge on any atom is 0.264 e. The number of hydrogen-bond donors (Lipinski definition) is 1. The van der Waals surface area contributed by atoms with Gasteiger partial charge in [-0.05, 0) is 60.9 Å². The predicted molar refractivity (Wildman–Crippen MR) is 183 cm³/mol. The van der Waals surface area contributed by atoms with E-state index in [9.17, 15) is 18.0 Å². The van der Waals surface area contributed by atoms with Crippen molar-refractivity contribution < 1.29 is 22.7 Å². The average Bonchev–Trinajstić information content (AvgIpc) is 3.05. The summed E-state index contributed by atoms with van der Waals surface area (Å²) in [7, 11) is -2.92. The summed E-state index contributed by atoms with van der Waals surface area (Å²) in [6.45, 7) is 3.50. The van der Waals surface area contributed by atoms with Crippen molar-refractivity contribution in [3.05, 3.63) is 124 Å². The number of rotatable bonds is 14. The van der Waals surface area contributed by atoms with Gasteiger partial charge in [-0.15, -0.1) is 0 Å². The van der Waals surface area contributed by atoms with Crippen LogP contribution in [0.4, 0.5) is 5.69 Å². The predicted octanol–water partition coefficient (Wildman–Crippen LogP) is 6.67. The van der Waals surface area contributed by atoms with E-state index in [2.05, 4.69) is 5.32 Å². The maximum absolute atomic E-state index is 14.6. The number of benzene rings is 4. The molecule has 4 rings (SSSR count). The van der Waals surface area contributed by atoms with Crippen LogP contribution in [0.3, 0.4) is 0 Å². The van der Waals surface area contributed by atoms with Crippen molar-refractivity contribution in [3.63, 3.8) is 0 Å². The number of hydrogen-bond acceptors (Lipinski definition) is 5. The first kappa shape index (κ1) is 34.8. The van der Waals surface area contributed by atoms with Crippen LogP contribution >= 0.6 is 23.2 Å². The summed E-state index contributed by atoms with van der Waals surface area (Å²) < 4.78 is 35.1. The van der Waals surface area contributed by atoms with Crippen LogP contribution < -0.4 is 14.4 Å². The fourth-order valence-electron chi connectivity index (χ4n) is 4.94. The van der Waals surface area contributed by atoms with Crippen molar-refractivity contribution in [2.24, 2.45) is 0 Å². The molecular formula is C35H37Cl2N3O5S. The van der Waals surface area contributed by atoms with E-state index in [-0.39, 0.29) is 40.2 Å². The zero-order chi connectivity index (χ0) is 33.3. The van der Waals surface area contributed by atoms with Crippen molar-refractivity contribution in [2.75, 3.05) is 24.5 Å². The SMILES string of the molecule is CCCNC(=O)C(Cc1ccccc1)N(Cc1ccccc1Cl)C(=O)CN(c1cc(Cl)ccc1OC)S(=O)(=O)c1ccc(C)cc1. The Morgan fingerprint density at radius 1 is 0.913 bits per heavy atom. The average molecular weight is 683 g/mol. The normalized spacial score (nSPS) is 11.8. The lowest BCUT2D eigenvalue weighted by Gasteiger charge is -2.34. The third-order valence-electron chi connectivity index (χ3n) is 7.42. The van der Waals surface area contributed by atoms with Gasteiger partial charge in [-0.3, -0.25) is 13.9 Å². The van der Waals surface area contributed by atoms with Gasteiger partial charge >= 0.3 is 0 Å². The molecule has 0 aromatic heterocycles. The second-order valence-corrected chi connectivity index (χ2v) is 13.5. The van der Waals surface area contributed by atoms with Crippen LogP contribution in [-0.2, 0) is 32.6 Å². The van der Waals surface area contributed by atoms with Gasteiger partial charge in [0.15, 0.2) is 0 Å². The van der Waals surface area contributed by atoms with Crippen molar-refractivity contribution in [3.8, 4) is 5.75 Å². The van der Waals surface area contributed by atoms with Gasteiger partial charge in [-0.25, -0.2) is 8.42 Å². The van der Waals surface area contributed by atoms with Gasteiger partial charge in [-0.1, -0.05) is 96.4 Å². The number of carbonyl (C=O) groups excluding carboxylic acids is 2. The number of aryl methyl sites for hydroxylation is 1. The molecule has 0 saturated heterocycles. The van der Waals surface area contributed by atoms with E-state index >= 15 is 0 Å². The summed E-state index contributed by atoms with van der Waals surface area (Å²) in [5.41, 5.74) is 2.38. The van der Waals surface area contributed by atoms with Crippen LogP contribution in [-0.4, -0.2) is 51.4 Å². The molecule has 0 aliphatic rings. The smallest absolute Gasteiger partial charge is 0.264 e. The minimum atomic E-state index is -4.33. The molecule has 8 nitrogen and oxygen atoms in total. The van der Waals surface area contributed by atoms with Gasteiger partial charge in [0.05, 0.1) is 17.7 Å². The first-order valence-electron chi connectivity index (χ1n) is 14.8. The molecule has 0 saturated carbocycles. The standard InChI is InChI=1S/C35H37Cl2N3O5S/c1-4-20-38-35(42)32(21-26-10-6-5-7-11-26)39(23-27-12-8-9-13-30(27)37)34(41)24-40(31-22-28(36)16-19-33(31)45-3)46(43,44)29-17-14-25(2)15-18-29/h5-19,22,32H,4,20-21,23-24H2,1-3H3,(H,38,42). The summed E-state index contributed by atoms with van der Waals surface area (Å²) in [6.07, 6.45) is 0.886. The highest BCUT2D eigenvalue weighted by molar-refractivity contribution is 7.92. The third-order valence-corrected chi connectivity index (χ3v) is 9.79. The second-order valence-electron chi connectivity index (χ2n) is 10.8. The highest BCUT2D eigenvalue weighted by atomic mass is 35.5. The van der Waals surface area contributed by atoms with Gasteiger partial charge < -0.3 is 15.0 Å². The van der Waals surface area contributed by atoms with Crippen molar-refractivity contribution in [1.82, 2.24) is 10.2 Å². The van der Waals surface area contributed by atoms with E-state index in [1.807, 2.05) is 44.2 Å². The number of nitrogens with one attached hydrogen (secondary N) is 1. The Morgan fingerprint density at radius 3 is 2.24 bits per heavy atom. The fraction of sp³-hybridized carbons (Fsp3) is 0.257. The number of sulfonamides is 1. The van der Waals surface area contributed by atoms with E-state index < -0.39 is 28.5 Å². The summed E-state index contributed by atoms with van der Waals surface area (Å²) in [4.78, 5) is 29.7. The highest BCUT2D eigenvalue weighted by Gasteiger charge is 2.35. The van der Waals surface area contributed by atoms with Gasteiger partial charge in [-0.2, -0.15) is 0 Å². The number of methoxy groups -OCH3 is 1. The molecule has 1 unspecified atom stereocenters. The lowest BCUT2D eigenvalue weighted by atomic mass is 10.0. The Hall–Kier alpha value is -4.05. The molecule has 11 heteroatoms. The highest BCUT2D eigenvalue weighted by Crippen LogP contribution is 2.35.